The maximum atomic E-state index is 12.3. The molecule has 0 aliphatic carbocycles. The molecule has 2 fully saturated rings. The lowest BCUT2D eigenvalue weighted by Crippen LogP contribution is -2.41. The Hall–Kier alpha value is -1.82. The van der Waals surface area contributed by atoms with E-state index in [2.05, 4.69) is 15.0 Å². The van der Waals surface area contributed by atoms with E-state index >= 15 is 0 Å². The summed E-state index contributed by atoms with van der Waals surface area (Å²) < 4.78 is 40.3. The molecule has 154 valence electrons. The summed E-state index contributed by atoms with van der Waals surface area (Å²) in [6.45, 7) is 6.76. The third kappa shape index (κ3) is 3.36. The summed E-state index contributed by atoms with van der Waals surface area (Å²) in [7, 11) is -3.21. The molecule has 0 spiro atoms. The highest BCUT2D eigenvalue weighted by Gasteiger charge is 2.46. The summed E-state index contributed by atoms with van der Waals surface area (Å²) in [4.78, 5) is 12.6. The van der Waals surface area contributed by atoms with Crippen LogP contribution < -0.4 is 5.73 Å². The predicted molar refractivity (Wildman–Crippen MR) is 103 cm³/mol. The summed E-state index contributed by atoms with van der Waals surface area (Å²) >= 11 is 0. The minimum atomic E-state index is -3.21. The molecule has 0 bridgehead atoms. The second-order valence-electron chi connectivity index (χ2n) is 7.68. The van der Waals surface area contributed by atoms with Crippen LogP contribution in [0.4, 0.5) is 5.82 Å². The Morgan fingerprint density at radius 2 is 2.14 bits per heavy atom. The molecule has 2 aliphatic heterocycles. The van der Waals surface area contributed by atoms with E-state index in [1.54, 1.807) is 6.33 Å². The van der Waals surface area contributed by atoms with E-state index < -0.39 is 16.3 Å². The monoisotopic (exact) mass is 410 g/mol. The van der Waals surface area contributed by atoms with Gasteiger partial charge in [0.1, 0.15) is 24.2 Å². The number of nitrogen functional groups attached to an aromatic ring is 1. The molecule has 2 aromatic heterocycles. The van der Waals surface area contributed by atoms with Crippen molar-refractivity contribution in [1.29, 1.82) is 0 Å². The van der Waals surface area contributed by atoms with Gasteiger partial charge in [0, 0.05) is 19.0 Å². The van der Waals surface area contributed by atoms with Crippen molar-refractivity contribution in [2.24, 2.45) is 5.92 Å². The molecule has 28 heavy (non-hydrogen) atoms. The number of nitrogens with two attached hydrogens (primary N) is 1. The average Bonchev–Trinajstić information content (AvgIpc) is 3.27. The number of sulfonamides is 1. The van der Waals surface area contributed by atoms with Crippen molar-refractivity contribution in [2.45, 2.75) is 51.7 Å². The van der Waals surface area contributed by atoms with Gasteiger partial charge in [-0.2, -0.15) is 4.31 Å². The summed E-state index contributed by atoms with van der Waals surface area (Å²) in [6, 6.07) is 0. The van der Waals surface area contributed by atoms with Gasteiger partial charge in [-0.15, -0.1) is 0 Å². The molecule has 0 aromatic carbocycles. The molecule has 10 nitrogen and oxygen atoms in total. The molecule has 2 aliphatic rings. The van der Waals surface area contributed by atoms with E-state index in [0.29, 0.717) is 29.9 Å². The second kappa shape index (κ2) is 7.21. The minimum Gasteiger partial charge on any atom is -0.382 e. The molecule has 0 saturated carbocycles. The Morgan fingerprint density at radius 3 is 2.82 bits per heavy atom. The first-order valence-corrected chi connectivity index (χ1v) is 11.1. The molecule has 11 heteroatoms. The van der Waals surface area contributed by atoms with E-state index in [0.717, 1.165) is 0 Å². The van der Waals surface area contributed by atoms with Gasteiger partial charge < -0.3 is 15.2 Å². The fourth-order valence-corrected chi connectivity index (χ4v) is 5.56. The smallest absolute Gasteiger partial charge is 0.214 e. The predicted octanol–water partition coefficient (Wildman–Crippen LogP) is 0.771. The Kier molecular flexibility index (Phi) is 5.02. The third-order valence-electron chi connectivity index (χ3n) is 5.33. The Labute approximate surface area is 164 Å². The van der Waals surface area contributed by atoms with Crippen molar-refractivity contribution in [3.05, 3.63) is 12.7 Å². The molecular formula is C17H26N6O4S. The second-order valence-corrected chi connectivity index (χ2v) is 9.77. The molecule has 2 saturated heterocycles. The zero-order chi connectivity index (χ0) is 20.1. The van der Waals surface area contributed by atoms with Crippen LogP contribution in [0.2, 0.25) is 0 Å². The fourth-order valence-electron chi connectivity index (χ4n) is 4.03. The van der Waals surface area contributed by atoms with E-state index in [4.69, 9.17) is 15.2 Å². The van der Waals surface area contributed by atoms with Gasteiger partial charge in [-0.25, -0.2) is 23.4 Å². The maximum Gasteiger partial charge on any atom is 0.214 e. The van der Waals surface area contributed by atoms with Gasteiger partial charge >= 0.3 is 0 Å². The molecule has 2 N–H and O–H groups in total. The van der Waals surface area contributed by atoms with Crippen LogP contribution in [-0.2, 0) is 19.5 Å². The Balaban J connectivity index is 1.64. The average molecular weight is 411 g/mol. The van der Waals surface area contributed by atoms with Crippen molar-refractivity contribution in [3.8, 4) is 0 Å². The number of aromatic nitrogens is 4. The number of anilines is 1. The number of fused-ring (bicyclic) bond motifs is 1. The lowest BCUT2D eigenvalue weighted by molar-refractivity contribution is -0.0598. The van der Waals surface area contributed by atoms with Crippen LogP contribution in [0, 0.1) is 5.92 Å². The van der Waals surface area contributed by atoms with Gasteiger partial charge in [0.25, 0.3) is 0 Å². The largest absolute Gasteiger partial charge is 0.382 e. The topological polar surface area (TPSA) is 125 Å². The highest BCUT2D eigenvalue weighted by atomic mass is 32.2. The highest BCUT2D eigenvalue weighted by Crippen LogP contribution is 2.39. The van der Waals surface area contributed by atoms with Gasteiger partial charge in [0.15, 0.2) is 11.5 Å². The van der Waals surface area contributed by atoms with Crippen LogP contribution in [0.15, 0.2) is 12.7 Å². The number of imidazole rings is 1. The first-order valence-electron chi connectivity index (χ1n) is 9.49. The fraction of sp³-hybridized carbons (Fsp3) is 0.706. The number of hydrogen-bond donors (Lipinski definition) is 1. The van der Waals surface area contributed by atoms with Gasteiger partial charge in [-0.3, -0.25) is 4.57 Å². The molecule has 0 amide bonds. The molecule has 4 atom stereocenters. The standard InChI is InChI=1S/C17H26N6O4S/c1-10(2)26-14-11(3)17(23-9-21-13-15(18)19-8-20-16(13)23)27-12(14)7-22-5-4-6-28(22,24)25/h8-12,14,17H,4-7H2,1-3H3,(H2,18,19,20)/t11-,12-,14+,17-/m1/s1. The Morgan fingerprint density at radius 1 is 1.36 bits per heavy atom. The van der Waals surface area contributed by atoms with Crippen molar-refractivity contribution >= 4 is 27.0 Å². The number of rotatable bonds is 5. The van der Waals surface area contributed by atoms with Crippen LogP contribution in [0.1, 0.15) is 33.4 Å². The number of hydrogen-bond acceptors (Lipinski definition) is 8. The lowest BCUT2D eigenvalue weighted by atomic mass is 10.0. The van der Waals surface area contributed by atoms with Gasteiger partial charge in [0.05, 0.1) is 24.3 Å². The maximum absolute atomic E-state index is 12.3. The van der Waals surface area contributed by atoms with Crippen LogP contribution >= 0.6 is 0 Å². The van der Waals surface area contributed by atoms with Gasteiger partial charge in [-0.05, 0) is 20.3 Å². The van der Waals surface area contributed by atoms with Gasteiger partial charge in [-0.1, -0.05) is 6.92 Å². The summed E-state index contributed by atoms with van der Waals surface area (Å²) in [5, 5.41) is 0. The minimum absolute atomic E-state index is 0.00927. The van der Waals surface area contributed by atoms with Crippen molar-refractivity contribution in [3.63, 3.8) is 0 Å². The third-order valence-corrected chi connectivity index (χ3v) is 7.25. The van der Waals surface area contributed by atoms with Gasteiger partial charge in [0.2, 0.25) is 10.0 Å². The molecule has 0 unspecified atom stereocenters. The van der Waals surface area contributed by atoms with E-state index in [1.165, 1.54) is 10.6 Å². The summed E-state index contributed by atoms with van der Waals surface area (Å²) in [6.07, 6.45) is 2.64. The van der Waals surface area contributed by atoms with E-state index in [9.17, 15) is 8.42 Å². The summed E-state index contributed by atoms with van der Waals surface area (Å²) in [5.41, 5.74) is 7.00. The summed E-state index contributed by atoms with van der Waals surface area (Å²) in [5.74, 6) is 0.465. The van der Waals surface area contributed by atoms with Crippen molar-refractivity contribution in [2.75, 3.05) is 24.6 Å². The van der Waals surface area contributed by atoms with Crippen molar-refractivity contribution in [1.82, 2.24) is 23.8 Å². The number of ether oxygens (including phenoxy) is 2. The zero-order valence-electron chi connectivity index (χ0n) is 16.2. The zero-order valence-corrected chi connectivity index (χ0v) is 17.0. The molecule has 4 rings (SSSR count). The van der Waals surface area contributed by atoms with Crippen LogP contribution in [0.5, 0.6) is 0 Å². The first kappa shape index (κ1) is 19.5. The van der Waals surface area contributed by atoms with Crippen LogP contribution in [-0.4, -0.2) is 69.4 Å². The van der Waals surface area contributed by atoms with E-state index in [-0.39, 0.29) is 36.5 Å². The first-order chi connectivity index (χ1) is 13.3. The number of nitrogens with zero attached hydrogens (tertiary/aromatic N) is 5. The molecule has 4 heterocycles. The molecule has 0 radical (unpaired) electrons. The quantitative estimate of drug-likeness (QED) is 0.766. The highest BCUT2D eigenvalue weighted by molar-refractivity contribution is 7.89. The van der Waals surface area contributed by atoms with Crippen molar-refractivity contribution < 1.29 is 17.9 Å². The van der Waals surface area contributed by atoms with Crippen LogP contribution in [0.3, 0.4) is 0 Å². The lowest BCUT2D eigenvalue weighted by Gasteiger charge is -2.26. The Bertz CT molecular complexity index is 962. The van der Waals surface area contributed by atoms with Crippen LogP contribution in [0.25, 0.3) is 11.2 Å². The van der Waals surface area contributed by atoms with E-state index in [1.807, 2.05) is 25.3 Å². The SMILES string of the molecule is CC(C)O[C@H]1[C@@H](C)[C@H](n2cnc3c(N)ncnc32)O[C@@H]1CN1CCCS1(=O)=O. The molecule has 2 aromatic rings. The normalized spacial score (nSPS) is 30.6. The molecular weight excluding hydrogens is 384 g/mol.